The SMILES string of the molecule is CCCCCCCc1ccc(-c2ccc(C3CC=C(CCCCCOCCCCCC4=CCC(c5ccc(-c6ccc(CCCCCCC)cc6)cc5)CC4)CC3)cc2)cc1. The maximum Gasteiger partial charge on any atom is 0.0466 e. The van der Waals surface area contributed by atoms with Crippen LogP contribution < -0.4 is 0 Å². The van der Waals surface area contributed by atoms with Gasteiger partial charge in [0.15, 0.2) is 0 Å². The van der Waals surface area contributed by atoms with Crippen molar-refractivity contribution in [1.82, 2.24) is 0 Å². The molecule has 0 bridgehead atoms. The monoisotopic (exact) mass is 819 g/mol. The summed E-state index contributed by atoms with van der Waals surface area (Å²) in [4.78, 5) is 0. The van der Waals surface area contributed by atoms with Gasteiger partial charge < -0.3 is 4.74 Å². The Labute approximate surface area is 373 Å². The van der Waals surface area contributed by atoms with Crippen molar-refractivity contribution in [1.29, 1.82) is 0 Å². The normalized spacial score (nSPS) is 16.7. The third-order valence-electron chi connectivity index (χ3n) is 14.1. The largest absolute Gasteiger partial charge is 0.381 e. The Morgan fingerprint density at radius 2 is 0.721 bits per heavy atom. The third-order valence-corrected chi connectivity index (χ3v) is 14.1. The van der Waals surface area contributed by atoms with Gasteiger partial charge in [-0.2, -0.15) is 0 Å². The van der Waals surface area contributed by atoms with Gasteiger partial charge in [-0.15, -0.1) is 0 Å². The summed E-state index contributed by atoms with van der Waals surface area (Å²) in [5.41, 5.74) is 14.7. The first-order valence-corrected chi connectivity index (χ1v) is 25.5. The Balaban J connectivity index is 0.758. The van der Waals surface area contributed by atoms with Crippen molar-refractivity contribution in [2.24, 2.45) is 0 Å². The topological polar surface area (TPSA) is 9.23 Å². The minimum absolute atomic E-state index is 0.672. The molecule has 328 valence electrons. The highest BCUT2D eigenvalue weighted by Crippen LogP contribution is 2.36. The highest BCUT2D eigenvalue weighted by molar-refractivity contribution is 5.65. The zero-order valence-corrected chi connectivity index (χ0v) is 38.8. The van der Waals surface area contributed by atoms with Crippen LogP contribution in [0.25, 0.3) is 22.3 Å². The molecule has 0 N–H and O–H groups in total. The molecule has 0 amide bonds. The van der Waals surface area contributed by atoms with Crippen LogP contribution in [0.2, 0.25) is 0 Å². The van der Waals surface area contributed by atoms with Crippen LogP contribution in [0, 0.1) is 0 Å². The van der Waals surface area contributed by atoms with E-state index in [9.17, 15) is 0 Å². The zero-order valence-electron chi connectivity index (χ0n) is 38.8. The molecule has 4 aromatic rings. The summed E-state index contributed by atoms with van der Waals surface area (Å²) in [5.74, 6) is 1.34. The van der Waals surface area contributed by atoms with Gasteiger partial charge in [0.2, 0.25) is 0 Å². The molecule has 0 fully saturated rings. The lowest BCUT2D eigenvalue weighted by Crippen LogP contribution is -2.05. The predicted octanol–water partition coefficient (Wildman–Crippen LogP) is 18.3. The second kappa shape index (κ2) is 27.4. The van der Waals surface area contributed by atoms with Gasteiger partial charge in [0.1, 0.15) is 0 Å². The Bertz CT molecular complexity index is 1690. The average molecular weight is 819 g/mol. The number of allylic oxidation sites excluding steroid dienone is 4. The minimum Gasteiger partial charge on any atom is -0.381 e. The number of rotatable bonds is 28. The van der Waals surface area contributed by atoms with Crippen LogP contribution in [0.3, 0.4) is 0 Å². The quantitative estimate of drug-likeness (QED) is 0.0410. The molecule has 2 atom stereocenters. The van der Waals surface area contributed by atoms with Crippen molar-refractivity contribution in [3.8, 4) is 22.3 Å². The molecule has 0 saturated heterocycles. The smallest absolute Gasteiger partial charge is 0.0466 e. The molecule has 0 saturated carbocycles. The van der Waals surface area contributed by atoms with Crippen molar-refractivity contribution >= 4 is 0 Å². The summed E-state index contributed by atoms with van der Waals surface area (Å²) < 4.78 is 6.05. The van der Waals surface area contributed by atoms with Gasteiger partial charge in [-0.3, -0.25) is 0 Å². The van der Waals surface area contributed by atoms with Crippen LogP contribution in [-0.4, -0.2) is 13.2 Å². The molecule has 1 heteroatoms. The molecular weight excluding hydrogens is 737 g/mol. The number of aryl methyl sites for hydroxylation is 2. The van der Waals surface area contributed by atoms with E-state index >= 15 is 0 Å². The predicted molar refractivity (Wildman–Crippen MR) is 266 cm³/mol. The fraction of sp³-hybridized carbons (Fsp3) is 0.533. The fourth-order valence-electron chi connectivity index (χ4n) is 9.89. The summed E-state index contributed by atoms with van der Waals surface area (Å²) in [6.07, 6.45) is 38.7. The van der Waals surface area contributed by atoms with Crippen LogP contribution in [0.1, 0.15) is 202 Å². The summed E-state index contributed by atoms with van der Waals surface area (Å²) in [7, 11) is 0. The van der Waals surface area contributed by atoms with E-state index in [1.807, 2.05) is 0 Å². The highest BCUT2D eigenvalue weighted by atomic mass is 16.5. The van der Waals surface area contributed by atoms with Crippen molar-refractivity contribution < 1.29 is 4.74 Å². The van der Waals surface area contributed by atoms with E-state index in [4.69, 9.17) is 4.74 Å². The number of benzene rings is 4. The fourth-order valence-corrected chi connectivity index (χ4v) is 9.89. The first-order chi connectivity index (χ1) is 30.2. The first kappa shape index (κ1) is 46.8. The summed E-state index contributed by atoms with van der Waals surface area (Å²) in [6.45, 7) is 6.43. The first-order valence-electron chi connectivity index (χ1n) is 25.5. The molecule has 0 radical (unpaired) electrons. The highest BCUT2D eigenvalue weighted by Gasteiger charge is 2.18. The van der Waals surface area contributed by atoms with Crippen LogP contribution in [0.15, 0.2) is 120 Å². The Kier molecular flexibility index (Phi) is 21.0. The standard InChI is InChI=1S/C60H82O/c1-3-5-7-9-13-19-49-23-31-53(32-24-49)57-39-43-59(44-40-57)55-35-27-51(28-36-55)21-15-11-17-47-61-48-18-12-16-22-52-29-37-56(38-30-52)60-45-41-58(42-46-60)54-33-25-50(26-34-54)20-14-10-8-6-4-2/h23-27,29,31-34,39-46,55-56H,3-22,28,30,35-38,47-48H2,1-2H3. The molecule has 61 heavy (non-hydrogen) atoms. The number of hydrogen-bond acceptors (Lipinski definition) is 1. The number of hydrogen-bond donors (Lipinski definition) is 0. The van der Waals surface area contributed by atoms with Crippen LogP contribution >= 0.6 is 0 Å². The molecule has 1 nitrogen and oxygen atoms in total. The number of ether oxygens (including phenoxy) is 1. The second-order valence-corrected chi connectivity index (χ2v) is 18.9. The Hall–Kier alpha value is -3.68. The van der Waals surface area contributed by atoms with E-state index < -0.39 is 0 Å². The lowest BCUT2D eigenvalue weighted by atomic mass is 9.83. The van der Waals surface area contributed by atoms with Gasteiger partial charge in [0.05, 0.1) is 0 Å². The molecule has 0 aromatic heterocycles. The molecule has 6 rings (SSSR count). The summed E-state index contributed by atoms with van der Waals surface area (Å²) >= 11 is 0. The second-order valence-electron chi connectivity index (χ2n) is 18.9. The van der Waals surface area contributed by atoms with Crippen molar-refractivity contribution in [3.05, 3.63) is 143 Å². The van der Waals surface area contributed by atoms with Gasteiger partial charge >= 0.3 is 0 Å². The van der Waals surface area contributed by atoms with Crippen molar-refractivity contribution in [2.45, 2.75) is 193 Å². The lowest BCUT2D eigenvalue weighted by molar-refractivity contribution is 0.126. The third kappa shape index (κ3) is 16.5. The minimum atomic E-state index is 0.672. The van der Waals surface area contributed by atoms with Gasteiger partial charge in [-0.25, -0.2) is 0 Å². The molecular formula is C60H82O. The van der Waals surface area contributed by atoms with Crippen molar-refractivity contribution in [2.75, 3.05) is 13.2 Å². The summed E-state index contributed by atoms with van der Waals surface area (Å²) in [6, 6.07) is 37.6. The van der Waals surface area contributed by atoms with Crippen molar-refractivity contribution in [3.63, 3.8) is 0 Å². The number of unbranched alkanes of at least 4 members (excludes halogenated alkanes) is 12. The molecule has 2 unspecified atom stereocenters. The van der Waals surface area contributed by atoms with E-state index in [1.54, 1.807) is 11.1 Å². The van der Waals surface area contributed by atoms with E-state index in [-0.39, 0.29) is 0 Å². The Morgan fingerprint density at radius 3 is 1.08 bits per heavy atom. The maximum atomic E-state index is 6.05. The van der Waals surface area contributed by atoms with E-state index in [2.05, 4.69) is 123 Å². The zero-order chi connectivity index (χ0) is 42.2. The van der Waals surface area contributed by atoms with Crippen LogP contribution in [0.5, 0.6) is 0 Å². The van der Waals surface area contributed by atoms with Gasteiger partial charge in [-0.1, -0.05) is 198 Å². The van der Waals surface area contributed by atoms with Crippen LogP contribution in [0.4, 0.5) is 0 Å². The molecule has 4 aromatic carbocycles. The van der Waals surface area contributed by atoms with Gasteiger partial charge in [-0.05, 0) is 159 Å². The van der Waals surface area contributed by atoms with E-state index in [0.29, 0.717) is 11.8 Å². The summed E-state index contributed by atoms with van der Waals surface area (Å²) in [5, 5.41) is 0. The lowest BCUT2D eigenvalue weighted by Gasteiger charge is -2.23. The van der Waals surface area contributed by atoms with E-state index in [0.717, 1.165) is 13.2 Å². The molecule has 0 heterocycles. The van der Waals surface area contributed by atoms with Gasteiger partial charge in [0.25, 0.3) is 0 Å². The maximum absolute atomic E-state index is 6.05. The molecule has 2 aliphatic rings. The van der Waals surface area contributed by atoms with Crippen LogP contribution in [-0.2, 0) is 17.6 Å². The molecule has 2 aliphatic carbocycles. The molecule has 0 spiro atoms. The average Bonchev–Trinajstić information content (AvgIpc) is 3.31. The van der Waals surface area contributed by atoms with Gasteiger partial charge in [0, 0.05) is 13.2 Å². The van der Waals surface area contributed by atoms with E-state index in [1.165, 1.54) is 211 Å². The molecule has 0 aliphatic heterocycles. The Morgan fingerprint density at radius 1 is 0.377 bits per heavy atom.